The van der Waals surface area contributed by atoms with Crippen LogP contribution in [-0.4, -0.2) is 28.0 Å². The predicted octanol–water partition coefficient (Wildman–Crippen LogP) is 3.95. The van der Waals surface area contributed by atoms with E-state index in [1.807, 2.05) is 0 Å². The predicted molar refractivity (Wildman–Crippen MR) is 71.6 cm³/mol. The molecule has 2 rings (SSSR count). The van der Waals surface area contributed by atoms with Crippen molar-refractivity contribution in [3.63, 3.8) is 0 Å². The lowest BCUT2D eigenvalue weighted by atomic mass is 10.2. The molecule has 1 aromatic heterocycles. The van der Waals surface area contributed by atoms with Crippen LogP contribution < -0.4 is 5.32 Å². The van der Waals surface area contributed by atoms with Crippen molar-refractivity contribution in [3.8, 4) is 0 Å². The summed E-state index contributed by atoms with van der Waals surface area (Å²) >= 11 is 5.82. The second-order valence-corrected chi connectivity index (χ2v) is 5.12. The number of alkyl halides is 3. The van der Waals surface area contributed by atoms with E-state index in [2.05, 4.69) is 15.5 Å². The van der Waals surface area contributed by atoms with Crippen LogP contribution in [0.3, 0.4) is 0 Å². The molecular formula is C11H9ClF3N3S. The van der Waals surface area contributed by atoms with Crippen LogP contribution in [0.1, 0.15) is 0 Å². The molecule has 3 nitrogen and oxygen atoms in total. The lowest BCUT2D eigenvalue weighted by molar-refractivity contribution is -0.0327. The Bertz CT molecular complexity index is 577. The maximum Gasteiger partial charge on any atom is 0.441 e. The molecule has 0 aliphatic heterocycles. The third-order valence-electron chi connectivity index (χ3n) is 2.30. The van der Waals surface area contributed by atoms with Gasteiger partial charge in [-0.25, -0.2) is 0 Å². The summed E-state index contributed by atoms with van der Waals surface area (Å²) in [4.78, 5) is 0. The van der Waals surface area contributed by atoms with Crippen molar-refractivity contribution in [1.82, 2.24) is 10.2 Å². The van der Waals surface area contributed by atoms with Crippen molar-refractivity contribution < 1.29 is 13.2 Å². The quantitative estimate of drug-likeness (QED) is 0.868. The fraction of sp³-hybridized carbons (Fsp3) is 0.273. The molecule has 1 heterocycles. The largest absolute Gasteiger partial charge is 0.441 e. The van der Waals surface area contributed by atoms with Gasteiger partial charge in [0.05, 0.1) is 0 Å². The van der Waals surface area contributed by atoms with Gasteiger partial charge in [0.2, 0.25) is 0 Å². The van der Waals surface area contributed by atoms with E-state index in [1.165, 1.54) is 0 Å². The van der Waals surface area contributed by atoms with Gasteiger partial charge in [0.15, 0.2) is 11.0 Å². The number of nitrogens with zero attached hydrogens (tertiary/aromatic N) is 2. The maximum atomic E-state index is 12.0. The number of fused-ring (bicyclic) bond motifs is 1. The van der Waals surface area contributed by atoms with Crippen LogP contribution >= 0.6 is 23.4 Å². The van der Waals surface area contributed by atoms with E-state index in [1.54, 1.807) is 24.3 Å². The summed E-state index contributed by atoms with van der Waals surface area (Å²) in [6, 6.07) is 7.17. The highest BCUT2D eigenvalue weighted by Crippen LogP contribution is 2.30. The maximum absolute atomic E-state index is 12.0. The first kappa shape index (κ1) is 14.2. The molecule has 0 saturated heterocycles. The highest BCUT2D eigenvalue weighted by molar-refractivity contribution is 8.00. The third kappa shape index (κ3) is 3.87. The van der Waals surface area contributed by atoms with Crippen LogP contribution in [0, 0.1) is 0 Å². The molecule has 0 unspecified atom stereocenters. The summed E-state index contributed by atoms with van der Waals surface area (Å²) in [5, 5.41) is 12.2. The third-order valence-corrected chi connectivity index (χ3v) is 3.32. The first-order chi connectivity index (χ1) is 8.97. The second kappa shape index (κ2) is 5.83. The minimum absolute atomic E-state index is 0.0754. The van der Waals surface area contributed by atoms with E-state index >= 15 is 0 Å². The molecule has 1 aromatic carbocycles. The second-order valence-electron chi connectivity index (χ2n) is 3.61. The number of hydrogen-bond acceptors (Lipinski definition) is 4. The van der Waals surface area contributed by atoms with Gasteiger partial charge in [-0.15, -0.1) is 10.2 Å². The molecule has 102 valence electrons. The molecule has 0 amide bonds. The highest BCUT2D eigenvalue weighted by Gasteiger charge is 2.27. The van der Waals surface area contributed by atoms with Gasteiger partial charge in [0.25, 0.3) is 0 Å². The van der Waals surface area contributed by atoms with Gasteiger partial charge < -0.3 is 5.32 Å². The SMILES string of the molecule is FC(F)(F)SCCNc1nnc(Cl)c2ccccc12. The van der Waals surface area contributed by atoms with Gasteiger partial charge in [-0.05, 0) is 11.8 Å². The summed E-state index contributed by atoms with van der Waals surface area (Å²) in [5.41, 5.74) is -4.21. The average molecular weight is 308 g/mol. The minimum atomic E-state index is -4.21. The number of aromatic nitrogens is 2. The van der Waals surface area contributed by atoms with Crippen molar-refractivity contribution >= 4 is 40.0 Å². The zero-order valence-corrected chi connectivity index (χ0v) is 11.1. The summed E-state index contributed by atoms with van der Waals surface area (Å²) in [6.45, 7) is 0.143. The number of thioether (sulfide) groups is 1. The van der Waals surface area contributed by atoms with Crippen molar-refractivity contribution in [2.45, 2.75) is 5.51 Å². The van der Waals surface area contributed by atoms with Gasteiger partial charge in [0, 0.05) is 23.1 Å². The molecule has 0 fully saturated rings. The lowest BCUT2D eigenvalue weighted by Gasteiger charge is -2.09. The molecule has 0 aliphatic carbocycles. The van der Waals surface area contributed by atoms with Crippen LogP contribution in [0.25, 0.3) is 10.8 Å². The van der Waals surface area contributed by atoms with Gasteiger partial charge in [-0.1, -0.05) is 35.9 Å². The number of halogens is 4. The number of anilines is 1. The van der Waals surface area contributed by atoms with E-state index in [0.717, 1.165) is 5.39 Å². The molecule has 0 atom stereocenters. The Morgan fingerprint density at radius 2 is 1.84 bits per heavy atom. The molecule has 0 spiro atoms. The molecule has 19 heavy (non-hydrogen) atoms. The molecule has 0 radical (unpaired) electrons. The van der Waals surface area contributed by atoms with Crippen LogP contribution in [0.2, 0.25) is 5.15 Å². The summed E-state index contributed by atoms with van der Waals surface area (Å²) in [7, 11) is 0. The van der Waals surface area contributed by atoms with E-state index in [0.29, 0.717) is 11.2 Å². The summed E-state index contributed by atoms with van der Waals surface area (Å²) in [5.74, 6) is 0.338. The molecule has 2 aromatic rings. The van der Waals surface area contributed by atoms with Gasteiger partial charge >= 0.3 is 5.51 Å². The number of rotatable bonds is 4. The van der Waals surface area contributed by atoms with Crippen LogP contribution in [0.5, 0.6) is 0 Å². The van der Waals surface area contributed by atoms with E-state index in [9.17, 15) is 13.2 Å². The molecule has 0 bridgehead atoms. The standard InChI is InChI=1S/C11H9ClF3N3S/c12-9-7-3-1-2-4-8(7)10(18-17-9)16-5-6-19-11(13,14)15/h1-4H,5-6H2,(H,16,18). The first-order valence-corrected chi connectivity index (χ1v) is 6.69. The zero-order chi connectivity index (χ0) is 13.9. The van der Waals surface area contributed by atoms with Gasteiger partial charge in [-0.2, -0.15) is 13.2 Å². The van der Waals surface area contributed by atoms with E-state index < -0.39 is 5.51 Å². The van der Waals surface area contributed by atoms with E-state index in [-0.39, 0.29) is 29.2 Å². The Morgan fingerprint density at radius 3 is 2.53 bits per heavy atom. The monoisotopic (exact) mass is 307 g/mol. The highest BCUT2D eigenvalue weighted by atomic mass is 35.5. The van der Waals surface area contributed by atoms with Crippen molar-refractivity contribution in [3.05, 3.63) is 29.4 Å². The average Bonchev–Trinajstić information content (AvgIpc) is 2.36. The first-order valence-electron chi connectivity index (χ1n) is 5.33. The van der Waals surface area contributed by atoms with Crippen molar-refractivity contribution in [1.29, 1.82) is 0 Å². The van der Waals surface area contributed by atoms with Crippen LogP contribution in [0.15, 0.2) is 24.3 Å². The fourth-order valence-corrected chi connectivity index (χ4v) is 2.18. The Hall–Kier alpha value is -1.21. The fourth-order valence-electron chi connectivity index (χ4n) is 1.54. The summed E-state index contributed by atoms with van der Waals surface area (Å²) in [6.07, 6.45) is 0. The molecule has 0 aliphatic rings. The lowest BCUT2D eigenvalue weighted by Crippen LogP contribution is -2.11. The smallest absolute Gasteiger partial charge is 0.367 e. The molecule has 1 N–H and O–H groups in total. The van der Waals surface area contributed by atoms with Crippen molar-refractivity contribution in [2.24, 2.45) is 0 Å². The van der Waals surface area contributed by atoms with Gasteiger partial charge in [0.1, 0.15) is 0 Å². The minimum Gasteiger partial charge on any atom is -0.367 e. The number of hydrogen-bond donors (Lipinski definition) is 1. The molecule has 8 heteroatoms. The van der Waals surface area contributed by atoms with Gasteiger partial charge in [-0.3, -0.25) is 0 Å². The molecule has 0 saturated carbocycles. The zero-order valence-electron chi connectivity index (χ0n) is 9.54. The number of benzene rings is 1. The van der Waals surface area contributed by atoms with E-state index in [4.69, 9.17) is 11.6 Å². The Kier molecular flexibility index (Phi) is 4.36. The Balaban J connectivity index is 2.07. The van der Waals surface area contributed by atoms with Crippen LogP contribution in [-0.2, 0) is 0 Å². The van der Waals surface area contributed by atoms with Crippen molar-refractivity contribution in [2.75, 3.05) is 17.6 Å². The number of nitrogens with one attached hydrogen (secondary N) is 1. The molecular weight excluding hydrogens is 299 g/mol. The Morgan fingerprint density at radius 1 is 1.16 bits per heavy atom. The topological polar surface area (TPSA) is 37.8 Å². The summed E-state index contributed by atoms with van der Waals surface area (Å²) < 4.78 is 35.9. The van der Waals surface area contributed by atoms with Crippen LogP contribution in [0.4, 0.5) is 19.0 Å². The Labute approximate surface area is 116 Å². The normalized spacial score (nSPS) is 11.8.